The number of hydrogen-bond donors (Lipinski definition) is 1. The summed E-state index contributed by atoms with van der Waals surface area (Å²) < 4.78 is 4.89. The van der Waals surface area contributed by atoms with E-state index in [0.717, 1.165) is 19.4 Å². The van der Waals surface area contributed by atoms with Gasteiger partial charge in [-0.05, 0) is 44.7 Å². The lowest BCUT2D eigenvalue weighted by atomic mass is 9.79. The minimum absolute atomic E-state index is 0.167. The van der Waals surface area contributed by atoms with E-state index in [1.165, 1.54) is 18.2 Å². The summed E-state index contributed by atoms with van der Waals surface area (Å²) in [5, 5.41) is 3.28. The fourth-order valence-corrected chi connectivity index (χ4v) is 2.69. The van der Waals surface area contributed by atoms with E-state index in [1.54, 1.807) is 0 Å². The maximum atomic E-state index is 11.8. The van der Waals surface area contributed by atoms with E-state index in [1.807, 2.05) is 6.92 Å². The monoisotopic (exact) mass is 247 g/mol. The number of methoxy groups -OCH3 is 1. The Morgan fingerprint density at radius 2 is 2.06 bits per heavy atom. The first-order chi connectivity index (χ1) is 8.55. The zero-order chi connectivity index (χ0) is 13.2. The first-order valence-electron chi connectivity index (χ1n) is 6.45. The highest BCUT2D eigenvalue weighted by Crippen LogP contribution is 2.33. The maximum Gasteiger partial charge on any atom is 0.325 e. The van der Waals surface area contributed by atoms with E-state index in [4.69, 9.17) is 4.74 Å². The van der Waals surface area contributed by atoms with Gasteiger partial charge in [0.25, 0.3) is 0 Å². The van der Waals surface area contributed by atoms with Crippen molar-refractivity contribution in [3.63, 3.8) is 0 Å². The van der Waals surface area contributed by atoms with Crippen LogP contribution in [0.1, 0.15) is 36.8 Å². The molecule has 1 aromatic rings. The van der Waals surface area contributed by atoms with E-state index in [-0.39, 0.29) is 5.97 Å². The van der Waals surface area contributed by atoms with E-state index in [2.05, 4.69) is 36.5 Å². The van der Waals surface area contributed by atoms with E-state index in [0.29, 0.717) is 5.92 Å². The van der Waals surface area contributed by atoms with Gasteiger partial charge in [-0.3, -0.25) is 4.79 Å². The quantitative estimate of drug-likeness (QED) is 0.816. The van der Waals surface area contributed by atoms with Crippen molar-refractivity contribution in [3.8, 4) is 0 Å². The zero-order valence-corrected chi connectivity index (χ0v) is 11.3. The second-order valence-electron chi connectivity index (χ2n) is 5.35. The van der Waals surface area contributed by atoms with Crippen LogP contribution in [0.4, 0.5) is 0 Å². The average Bonchev–Trinajstić information content (AvgIpc) is 2.38. The van der Waals surface area contributed by atoms with Crippen LogP contribution in [0.2, 0.25) is 0 Å². The molecule has 2 unspecified atom stereocenters. The van der Waals surface area contributed by atoms with Crippen LogP contribution in [0.3, 0.4) is 0 Å². The molecular formula is C15H21NO2. The van der Waals surface area contributed by atoms with Gasteiger partial charge in [0, 0.05) is 0 Å². The van der Waals surface area contributed by atoms with Crippen LogP contribution < -0.4 is 5.32 Å². The minimum Gasteiger partial charge on any atom is -0.468 e. The molecule has 1 aromatic carbocycles. The largest absolute Gasteiger partial charge is 0.468 e. The Bertz CT molecular complexity index is 427. The van der Waals surface area contributed by atoms with Crippen LogP contribution in [0.25, 0.3) is 0 Å². The van der Waals surface area contributed by atoms with Gasteiger partial charge in [-0.25, -0.2) is 0 Å². The third-order valence-electron chi connectivity index (χ3n) is 3.85. The molecule has 3 nitrogen and oxygen atoms in total. The molecule has 1 fully saturated rings. The van der Waals surface area contributed by atoms with Crippen molar-refractivity contribution in [2.75, 3.05) is 13.7 Å². The molecule has 1 saturated heterocycles. The first-order valence-corrected chi connectivity index (χ1v) is 6.45. The van der Waals surface area contributed by atoms with Gasteiger partial charge in [0.05, 0.1) is 7.11 Å². The number of nitrogens with one attached hydrogen (secondary N) is 1. The number of piperidine rings is 1. The Hall–Kier alpha value is -1.35. The van der Waals surface area contributed by atoms with Crippen LogP contribution in [0, 0.1) is 6.92 Å². The summed E-state index contributed by atoms with van der Waals surface area (Å²) in [6.45, 7) is 4.87. The summed E-state index contributed by atoms with van der Waals surface area (Å²) in [6.07, 6.45) is 1.86. The van der Waals surface area contributed by atoms with Crippen molar-refractivity contribution in [2.45, 2.75) is 38.1 Å². The summed E-state index contributed by atoms with van der Waals surface area (Å²) in [5.41, 5.74) is 2.03. The molecule has 18 heavy (non-hydrogen) atoms. The highest BCUT2D eigenvalue weighted by atomic mass is 16.5. The maximum absolute atomic E-state index is 11.8. The van der Waals surface area contributed by atoms with Crippen molar-refractivity contribution >= 4 is 5.97 Å². The van der Waals surface area contributed by atoms with Gasteiger partial charge in [0.15, 0.2) is 0 Å². The summed E-state index contributed by atoms with van der Waals surface area (Å²) in [7, 11) is 1.45. The van der Waals surface area contributed by atoms with Crippen molar-refractivity contribution in [2.24, 2.45) is 0 Å². The van der Waals surface area contributed by atoms with Crippen LogP contribution in [0.5, 0.6) is 0 Å². The second-order valence-corrected chi connectivity index (χ2v) is 5.35. The number of carbonyl (C=O) groups is 1. The predicted octanol–water partition coefficient (Wildman–Crippen LogP) is 2.39. The Kier molecular flexibility index (Phi) is 3.71. The molecule has 0 amide bonds. The minimum atomic E-state index is -0.553. The van der Waals surface area contributed by atoms with Gasteiger partial charge >= 0.3 is 5.97 Å². The van der Waals surface area contributed by atoms with E-state index >= 15 is 0 Å². The lowest BCUT2D eigenvalue weighted by Crippen LogP contribution is -2.54. The summed E-state index contributed by atoms with van der Waals surface area (Å²) >= 11 is 0. The predicted molar refractivity (Wildman–Crippen MR) is 71.6 cm³/mol. The third-order valence-corrected chi connectivity index (χ3v) is 3.85. The lowest BCUT2D eigenvalue weighted by molar-refractivity contribution is -0.149. The SMILES string of the molecule is COC(=O)C1(C)CC(c2ccc(C)cc2)CCN1. The smallest absolute Gasteiger partial charge is 0.325 e. The van der Waals surface area contributed by atoms with E-state index in [9.17, 15) is 4.79 Å². The average molecular weight is 247 g/mol. The molecule has 0 spiro atoms. The molecule has 0 aliphatic carbocycles. The fourth-order valence-electron chi connectivity index (χ4n) is 2.69. The molecule has 0 saturated carbocycles. The molecule has 0 radical (unpaired) electrons. The Morgan fingerprint density at radius 1 is 1.39 bits per heavy atom. The fraction of sp³-hybridized carbons (Fsp3) is 0.533. The highest BCUT2D eigenvalue weighted by Gasteiger charge is 2.39. The molecular weight excluding hydrogens is 226 g/mol. The van der Waals surface area contributed by atoms with Gasteiger partial charge in [0.2, 0.25) is 0 Å². The second kappa shape index (κ2) is 5.11. The Balaban J connectivity index is 2.16. The zero-order valence-electron chi connectivity index (χ0n) is 11.3. The lowest BCUT2D eigenvalue weighted by Gasteiger charge is -2.37. The molecule has 0 aromatic heterocycles. The molecule has 98 valence electrons. The van der Waals surface area contributed by atoms with Crippen LogP contribution in [-0.4, -0.2) is 25.2 Å². The van der Waals surface area contributed by atoms with Gasteiger partial charge in [-0.15, -0.1) is 0 Å². The Morgan fingerprint density at radius 3 is 2.67 bits per heavy atom. The van der Waals surface area contributed by atoms with Crippen molar-refractivity contribution in [1.29, 1.82) is 0 Å². The van der Waals surface area contributed by atoms with Crippen LogP contribution in [-0.2, 0) is 9.53 Å². The molecule has 1 heterocycles. The number of rotatable bonds is 2. The Labute approximate surface area is 109 Å². The number of hydrogen-bond acceptors (Lipinski definition) is 3. The third kappa shape index (κ3) is 2.56. The number of esters is 1. The van der Waals surface area contributed by atoms with Crippen molar-refractivity contribution < 1.29 is 9.53 Å². The molecule has 2 rings (SSSR count). The van der Waals surface area contributed by atoms with Gasteiger partial charge in [-0.1, -0.05) is 29.8 Å². The molecule has 2 atom stereocenters. The summed E-state index contributed by atoms with van der Waals surface area (Å²) in [5.74, 6) is 0.260. The molecule has 3 heteroatoms. The van der Waals surface area contributed by atoms with Gasteiger partial charge in [-0.2, -0.15) is 0 Å². The van der Waals surface area contributed by atoms with Crippen molar-refractivity contribution in [3.05, 3.63) is 35.4 Å². The summed E-state index contributed by atoms with van der Waals surface area (Å²) in [6, 6.07) is 8.60. The molecule has 1 aliphatic rings. The molecule has 1 N–H and O–H groups in total. The van der Waals surface area contributed by atoms with Crippen molar-refractivity contribution in [1.82, 2.24) is 5.32 Å². The number of aryl methyl sites for hydroxylation is 1. The number of ether oxygens (including phenoxy) is 1. The standard InChI is InChI=1S/C15H21NO2/c1-11-4-6-12(7-5-11)13-8-9-16-15(2,10-13)14(17)18-3/h4-7,13,16H,8-10H2,1-3H3. The van der Waals surface area contributed by atoms with Gasteiger partial charge < -0.3 is 10.1 Å². The van der Waals surface area contributed by atoms with Crippen LogP contribution >= 0.6 is 0 Å². The summed E-state index contributed by atoms with van der Waals surface area (Å²) in [4.78, 5) is 11.8. The highest BCUT2D eigenvalue weighted by molar-refractivity contribution is 5.80. The van der Waals surface area contributed by atoms with Gasteiger partial charge in [0.1, 0.15) is 5.54 Å². The number of carbonyl (C=O) groups excluding carboxylic acids is 1. The molecule has 0 bridgehead atoms. The molecule has 1 aliphatic heterocycles. The van der Waals surface area contributed by atoms with Crippen LogP contribution in [0.15, 0.2) is 24.3 Å². The first kappa shape index (κ1) is 13.1. The normalized spacial score (nSPS) is 27.8. The topological polar surface area (TPSA) is 38.3 Å². The number of benzene rings is 1. The van der Waals surface area contributed by atoms with E-state index < -0.39 is 5.54 Å².